The van der Waals surface area contributed by atoms with Gasteiger partial charge >= 0.3 is 0 Å². The third kappa shape index (κ3) is 4.37. The zero-order valence-corrected chi connectivity index (χ0v) is 8.52. The first-order chi connectivity index (χ1) is 5.76. The number of nitrogens with one attached hydrogen (secondary N) is 1. The smallest absolute Gasteiger partial charge is 0.223 e. The summed E-state index contributed by atoms with van der Waals surface area (Å²) in [4.78, 5) is 11.4. The van der Waals surface area contributed by atoms with Gasteiger partial charge in [-0.1, -0.05) is 26.7 Å². The van der Waals surface area contributed by atoms with E-state index in [0.29, 0.717) is 0 Å². The standard InChI is InChI=1S/C10H21NO/c1-4-7-9(8-5-2)10(12)11-6-3/h9H,4-8H2,1-3H3,(H,11,12). The van der Waals surface area contributed by atoms with Crippen molar-refractivity contribution in [2.45, 2.75) is 46.5 Å². The molecule has 2 heteroatoms. The molecule has 0 aromatic heterocycles. The van der Waals surface area contributed by atoms with Gasteiger partial charge in [0.25, 0.3) is 0 Å². The minimum atomic E-state index is 0.237. The zero-order valence-electron chi connectivity index (χ0n) is 8.52. The van der Waals surface area contributed by atoms with E-state index < -0.39 is 0 Å². The molecule has 0 atom stereocenters. The van der Waals surface area contributed by atoms with E-state index in [9.17, 15) is 4.79 Å². The van der Waals surface area contributed by atoms with Gasteiger partial charge in [-0.3, -0.25) is 4.79 Å². The van der Waals surface area contributed by atoms with Crippen LogP contribution in [0.2, 0.25) is 0 Å². The molecule has 0 aromatic carbocycles. The molecule has 0 aliphatic rings. The fraction of sp³-hybridized carbons (Fsp3) is 0.900. The quantitative estimate of drug-likeness (QED) is 0.653. The summed E-state index contributed by atoms with van der Waals surface area (Å²) in [5.74, 6) is 0.487. The van der Waals surface area contributed by atoms with Crippen LogP contribution in [0.1, 0.15) is 46.5 Å². The first-order valence-electron chi connectivity index (χ1n) is 5.03. The predicted molar refractivity (Wildman–Crippen MR) is 52.0 cm³/mol. The number of hydrogen-bond acceptors (Lipinski definition) is 1. The zero-order chi connectivity index (χ0) is 9.40. The molecule has 72 valence electrons. The van der Waals surface area contributed by atoms with Crippen molar-refractivity contribution in [1.82, 2.24) is 5.32 Å². The highest BCUT2D eigenvalue weighted by molar-refractivity contribution is 5.78. The third-order valence-corrected chi connectivity index (χ3v) is 2.00. The Bertz CT molecular complexity index is 117. The molecule has 0 rings (SSSR count). The largest absolute Gasteiger partial charge is 0.356 e. The molecule has 0 fully saturated rings. The third-order valence-electron chi connectivity index (χ3n) is 2.00. The van der Waals surface area contributed by atoms with Crippen LogP contribution in [0.25, 0.3) is 0 Å². The van der Waals surface area contributed by atoms with Crippen molar-refractivity contribution in [2.75, 3.05) is 6.54 Å². The van der Waals surface area contributed by atoms with Crippen molar-refractivity contribution in [3.8, 4) is 0 Å². The van der Waals surface area contributed by atoms with Gasteiger partial charge in [0.05, 0.1) is 0 Å². The van der Waals surface area contributed by atoms with Crippen molar-refractivity contribution in [2.24, 2.45) is 5.92 Å². The van der Waals surface area contributed by atoms with Crippen LogP contribution in [0.3, 0.4) is 0 Å². The summed E-state index contributed by atoms with van der Waals surface area (Å²) in [7, 11) is 0. The molecule has 2 nitrogen and oxygen atoms in total. The second-order valence-electron chi connectivity index (χ2n) is 3.17. The van der Waals surface area contributed by atoms with Crippen LogP contribution in [0.5, 0.6) is 0 Å². The maximum atomic E-state index is 11.4. The lowest BCUT2D eigenvalue weighted by Crippen LogP contribution is -2.30. The van der Waals surface area contributed by atoms with E-state index in [2.05, 4.69) is 19.2 Å². The molecule has 0 spiro atoms. The van der Waals surface area contributed by atoms with Gasteiger partial charge in [0.1, 0.15) is 0 Å². The Morgan fingerprint density at radius 2 is 1.67 bits per heavy atom. The molecule has 0 aromatic rings. The summed E-state index contributed by atoms with van der Waals surface area (Å²) in [5, 5.41) is 2.88. The maximum absolute atomic E-state index is 11.4. The molecule has 0 aliphatic heterocycles. The molecule has 1 amide bonds. The highest BCUT2D eigenvalue weighted by Crippen LogP contribution is 2.13. The van der Waals surface area contributed by atoms with Crippen LogP contribution in [-0.2, 0) is 4.79 Å². The Hall–Kier alpha value is -0.530. The number of rotatable bonds is 6. The van der Waals surface area contributed by atoms with Gasteiger partial charge < -0.3 is 5.32 Å². The summed E-state index contributed by atoms with van der Waals surface area (Å²) in [6.45, 7) is 6.97. The van der Waals surface area contributed by atoms with Gasteiger partial charge in [-0.05, 0) is 19.8 Å². The van der Waals surface area contributed by atoms with Crippen molar-refractivity contribution >= 4 is 5.91 Å². The van der Waals surface area contributed by atoms with E-state index in [4.69, 9.17) is 0 Å². The summed E-state index contributed by atoms with van der Waals surface area (Å²) in [6.07, 6.45) is 4.25. The number of carbonyl (C=O) groups is 1. The lowest BCUT2D eigenvalue weighted by atomic mass is 9.97. The van der Waals surface area contributed by atoms with Gasteiger partial charge in [-0.15, -0.1) is 0 Å². The molecule has 0 aliphatic carbocycles. The average molecular weight is 171 g/mol. The minimum Gasteiger partial charge on any atom is -0.356 e. The second kappa shape index (κ2) is 7.14. The Labute approximate surface area is 75.7 Å². The van der Waals surface area contributed by atoms with E-state index in [0.717, 1.165) is 32.2 Å². The van der Waals surface area contributed by atoms with Crippen molar-refractivity contribution in [1.29, 1.82) is 0 Å². The Morgan fingerprint density at radius 1 is 1.17 bits per heavy atom. The fourth-order valence-electron chi connectivity index (χ4n) is 1.42. The maximum Gasteiger partial charge on any atom is 0.223 e. The Morgan fingerprint density at radius 3 is 2.00 bits per heavy atom. The van der Waals surface area contributed by atoms with Crippen molar-refractivity contribution in [3.63, 3.8) is 0 Å². The summed E-state index contributed by atoms with van der Waals surface area (Å²) < 4.78 is 0. The van der Waals surface area contributed by atoms with Gasteiger partial charge in [0.2, 0.25) is 5.91 Å². The summed E-state index contributed by atoms with van der Waals surface area (Å²) in [5.41, 5.74) is 0. The first-order valence-corrected chi connectivity index (χ1v) is 5.03. The molecular formula is C10H21NO. The Balaban J connectivity index is 3.81. The average Bonchev–Trinajstić information content (AvgIpc) is 2.04. The predicted octanol–water partition coefficient (Wildman–Crippen LogP) is 2.34. The van der Waals surface area contributed by atoms with Gasteiger partial charge in [0, 0.05) is 12.5 Å². The SMILES string of the molecule is CCCC(CCC)C(=O)NCC. The van der Waals surface area contributed by atoms with Gasteiger partial charge in [-0.25, -0.2) is 0 Å². The van der Waals surface area contributed by atoms with Crippen LogP contribution in [-0.4, -0.2) is 12.5 Å². The molecule has 0 saturated carbocycles. The van der Waals surface area contributed by atoms with Gasteiger partial charge in [0.15, 0.2) is 0 Å². The lowest BCUT2D eigenvalue weighted by molar-refractivity contribution is -0.125. The highest BCUT2D eigenvalue weighted by atomic mass is 16.1. The van der Waals surface area contributed by atoms with Crippen LogP contribution in [0.4, 0.5) is 0 Å². The monoisotopic (exact) mass is 171 g/mol. The topological polar surface area (TPSA) is 29.1 Å². The van der Waals surface area contributed by atoms with E-state index in [1.165, 1.54) is 0 Å². The highest BCUT2D eigenvalue weighted by Gasteiger charge is 2.14. The number of amides is 1. The Kier molecular flexibility index (Phi) is 6.82. The normalized spacial score (nSPS) is 10.3. The first kappa shape index (κ1) is 11.5. The van der Waals surface area contributed by atoms with E-state index in [-0.39, 0.29) is 11.8 Å². The molecule has 0 saturated heterocycles. The second-order valence-corrected chi connectivity index (χ2v) is 3.17. The summed E-state index contributed by atoms with van der Waals surface area (Å²) in [6, 6.07) is 0. The molecular weight excluding hydrogens is 150 g/mol. The van der Waals surface area contributed by atoms with Crippen LogP contribution in [0.15, 0.2) is 0 Å². The number of carbonyl (C=O) groups excluding carboxylic acids is 1. The van der Waals surface area contributed by atoms with Gasteiger partial charge in [-0.2, -0.15) is 0 Å². The van der Waals surface area contributed by atoms with E-state index in [1.807, 2.05) is 6.92 Å². The van der Waals surface area contributed by atoms with Crippen LogP contribution < -0.4 is 5.32 Å². The van der Waals surface area contributed by atoms with Crippen molar-refractivity contribution < 1.29 is 4.79 Å². The molecule has 12 heavy (non-hydrogen) atoms. The van der Waals surface area contributed by atoms with E-state index >= 15 is 0 Å². The van der Waals surface area contributed by atoms with E-state index in [1.54, 1.807) is 0 Å². The molecule has 0 unspecified atom stereocenters. The fourth-order valence-corrected chi connectivity index (χ4v) is 1.42. The van der Waals surface area contributed by atoms with Crippen molar-refractivity contribution in [3.05, 3.63) is 0 Å². The van der Waals surface area contributed by atoms with Crippen LogP contribution >= 0.6 is 0 Å². The summed E-state index contributed by atoms with van der Waals surface area (Å²) >= 11 is 0. The molecule has 0 radical (unpaired) electrons. The number of hydrogen-bond donors (Lipinski definition) is 1. The molecule has 0 heterocycles. The van der Waals surface area contributed by atoms with Crippen LogP contribution in [0, 0.1) is 5.92 Å². The lowest BCUT2D eigenvalue weighted by Gasteiger charge is -2.13. The minimum absolute atomic E-state index is 0.237. The molecule has 0 bridgehead atoms. The molecule has 1 N–H and O–H groups in total.